The average Bonchev–Trinajstić information content (AvgIpc) is 1.37. The lowest BCUT2D eigenvalue weighted by molar-refractivity contribution is 0.932. The number of halogens is 1. The van der Waals surface area contributed by atoms with Gasteiger partial charge in [-0.3, -0.25) is 0 Å². The van der Waals surface area contributed by atoms with E-state index in [-0.39, 0.29) is 27.9 Å². The molecule has 0 aromatic carbocycles. The monoisotopic (exact) mass is 171 g/mol. The van der Waals surface area contributed by atoms with Crippen LogP contribution in [-0.2, 0) is 0 Å². The normalized spacial score (nSPS) is 5.00. The molecule has 0 unspecified atom stereocenters. The van der Waals surface area contributed by atoms with E-state index in [1.54, 1.807) is 0 Å². The summed E-state index contributed by atoms with van der Waals surface area (Å²) in [5.41, 5.74) is 5.03. The van der Waals surface area contributed by atoms with Crippen LogP contribution >= 0.6 is 17.0 Å². The Kier molecular flexibility index (Phi) is 46.1. The third-order valence-electron chi connectivity index (χ3n) is 0.289. The van der Waals surface area contributed by atoms with Gasteiger partial charge in [0.2, 0.25) is 0 Å². The number of hydrogen-bond donors (Lipinski definition) is 1. The molecule has 0 rings (SSSR count). The SMILES string of the molecule is Br.CCCN.[SiH4]. The van der Waals surface area contributed by atoms with Crippen LogP contribution in [0.15, 0.2) is 0 Å². The van der Waals surface area contributed by atoms with E-state index in [4.69, 9.17) is 5.73 Å². The molecule has 0 aromatic rings. The fraction of sp³-hybridized carbons (Fsp3) is 1.00. The molecular formula is C3H14BrNSi. The molecular weight excluding hydrogens is 158 g/mol. The van der Waals surface area contributed by atoms with Crippen molar-refractivity contribution in [3.63, 3.8) is 0 Å². The number of nitrogens with two attached hydrogens (primary N) is 1. The summed E-state index contributed by atoms with van der Waals surface area (Å²) in [6, 6.07) is 0. The van der Waals surface area contributed by atoms with Gasteiger partial charge >= 0.3 is 0 Å². The van der Waals surface area contributed by atoms with E-state index in [2.05, 4.69) is 6.92 Å². The van der Waals surface area contributed by atoms with Gasteiger partial charge in [0, 0.05) is 0 Å². The first-order chi connectivity index (χ1) is 1.91. The summed E-state index contributed by atoms with van der Waals surface area (Å²) in [5.74, 6) is 0. The molecule has 1 nitrogen and oxygen atoms in total. The van der Waals surface area contributed by atoms with Gasteiger partial charge in [0.15, 0.2) is 0 Å². The number of rotatable bonds is 1. The van der Waals surface area contributed by atoms with Crippen molar-refractivity contribution >= 4 is 27.9 Å². The second-order valence-electron chi connectivity index (χ2n) is 0.789. The van der Waals surface area contributed by atoms with Gasteiger partial charge < -0.3 is 5.73 Å². The van der Waals surface area contributed by atoms with E-state index in [0.717, 1.165) is 13.0 Å². The first kappa shape index (κ1) is 15.9. The highest BCUT2D eigenvalue weighted by molar-refractivity contribution is 8.93. The Morgan fingerprint density at radius 2 is 1.67 bits per heavy atom. The molecule has 0 aliphatic carbocycles. The second kappa shape index (κ2) is 17.4. The Bertz CT molecular complexity index is 12.8. The summed E-state index contributed by atoms with van der Waals surface area (Å²) < 4.78 is 0. The van der Waals surface area contributed by atoms with Crippen molar-refractivity contribution < 1.29 is 0 Å². The van der Waals surface area contributed by atoms with E-state index in [1.165, 1.54) is 0 Å². The molecule has 0 spiro atoms. The van der Waals surface area contributed by atoms with Gasteiger partial charge in [-0.25, -0.2) is 0 Å². The van der Waals surface area contributed by atoms with Crippen LogP contribution in [0.25, 0.3) is 0 Å². The van der Waals surface area contributed by atoms with E-state index in [0.29, 0.717) is 0 Å². The Labute approximate surface area is 54.1 Å². The smallest absolute Gasteiger partial charge is 0.00799 e. The zero-order valence-corrected chi connectivity index (χ0v) is 5.11. The van der Waals surface area contributed by atoms with Crippen LogP contribution in [0.3, 0.4) is 0 Å². The molecule has 0 aliphatic rings. The minimum Gasteiger partial charge on any atom is -0.330 e. The van der Waals surface area contributed by atoms with Crippen LogP contribution < -0.4 is 5.73 Å². The zero-order valence-electron chi connectivity index (χ0n) is 3.40. The van der Waals surface area contributed by atoms with Crippen molar-refractivity contribution in [1.82, 2.24) is 0 Å². The molecule has 0 radical (unpaired) electrons. The topological polar surface area (TPSA) is 26.0 Å². The Morgan fingerprint density at radius 3 is 1.67 bits per heavy atom. The Morgan fingerprint density at radius 1 is 1.50 bits per heavy atom. The van der Waals surface area contributed by atoms with E-state index >= 15 is 0 Å². The summed E-state index contributed by atoms with van der Waals surface area (Å²) in [5, 5.41) is 0. The molecule has 6 heavy (non-hydrogen) atoms. The molecule has 3 heteroatoms. The molecule has 0 aliphatic heterocycles. The van der Waals surface area contributed by atoms with Crippen LogP contribution in [0, 0.1) is 0 Å². The first-order valence-corrected chi connectivity index (χ1v) is 1.62. The molecule has 0 bridgehead atoms. The van der Waals surface area contributed by atoms with Gasteiger partial charge in [0.05, 0.1) is 0 Å². The van der Waals surface area contributed by atoms with Gasteiger partial charge in [0.25, 0.3) is 0 Å². The highest BCUT2D eigenvalue weighted by Gasteiger charge is 1.55. The van der Waals surface area contributed by atoms with Crippen molar-refractivity contribution in [2.75, 3.05) is 6.54 Å². The molecule has 0 saturated heterocycles. The Balaban J connectivity index is -0.0000000450. The quantitative estimate of drug-likeness (QED) is 0.529. The van der Waals surface area contributed by atoms with Gasteiger partial charge in [0.1, 0.15) is 0 Å². The van der Waals surface area contributed by atoms with Gasteiger partial charge in [-0.05, 0) is 23.9 Å². The summed E-state index contributed by atoms with van der Waals surface area (Å²) in [4.78, 5) is 0. The average molecular weight is 172 g/mol. The van der Waals surface area contributed by atoms with Crippen molar-refractivity contribution in [2.45, 2.75) is 13.3 Å². The molecule has 42 valence electrons. The molecule has 2 N–H and O–H groups in total. The fourth-order valence-corrected chi connectivity index (χ4v) is 0. The second-order valence-corrected chi connectivity index (χ2v) is 0.789. The Hall–Kier alpha value is 0.657. The molecule has 0 saturated carbocycles. The van der Waals surface area contributed by atoms with Crippen molar-refractivity contribution in [2.24, 2.45) is 5.73 Å². The highest BCUT2D eigenvalue weighted by atomic mass is 79.9. The van der Waals surface area contributed by atoms with E-state index < -0.39 is 0 Å². The highest BCUT2D eigenvalue weighted by Crippen LogP contribution is 1.57. The van der Waals surface area contributed by atoms with E-state index in [9.17, 15) is 0 Å². The first-order valence-electron chi connectivity index (χ1n) is 1.62. The summed E-state index contributed by atoms with van der Waals surface area (Å²) in [7, 11) is 0. The summed E-state index contributed by atoms with van der Waals surface area (Å²) in [6.45, 7) is 2.88. The maximum atomic E-state index is 5.03. The largest absolute Gasteiger partial charge is 0.330 e. The zero-order chi connectivity index (χ0) is 3.41. The lowest BCUT2D eigenvalue weighted by Crippen LogP contribution is -1.93. The summed E-state index contributed by atoms with van der Waals surface area (Å²) >= 11 is 0. The third kappa shape index (κ3) is 22.7. The molecule has 0 atom stereocenters. The van der Waals surface area contributed by atoms with Crippen molar-refractivity contribution in [3.8, 4) is 0 Å². The van der Waals surface area contributed by atoms with Gasteiger partial charge in [-0.1, -0.05) is 6.92 Å². The predicted molar refractivity (Wildman–Crippen MR) is 41.0 cm³/mol. The maximum Gasteiger partial charge on any atom is -0.00799 e. The predicted octanol–water partition coefficient (Wildman–Crippen LogP) is -0.519. The van der Waals surface area contributed by atoms with Crippen molar-refractivity contribution in [1.29, 1.82) is 0 Å². The number of hydrogen-bond acceptors (Lipinski definition) is 1. The van der Waals surface area contributed by atoms with Gasteiger partial charge in [-0.15, -0.1) is 17.0 Å². The fourth-order valence-electron chi connectivity index (χ4n) is 0. The maximum absolute atomic E-state index is 5.03. The van der Waals surface area contributed by atoms with Crippen LogP contribution in [0.5, 0.6) is 0 Å². The standard InChI is InChI=1S/C3H9N.BrH.H4Si/c1-2-3-4;;/h2-4H2,1H3;1H;1H4. The van der Waals surface area contributed by atoms with Crippen LogP contribution in [0.2, 0.25) is 0 Å². The molecule has 0 fully saturated rings. The van der Waals surface area contributed by atoms with Crippen LogP contribution in [0.4, 0.5) is 0 Å². The van der Waals surface area contributed by atoms with E-state index in [1.807, 2.05) is 0 Å². The summed E-state index contributed by atoms with van der Waals surface area (Å²) in [6.07, 6.45) is 1.10. The van der Waals surface area contributed by atoms with Crippen LogP contribution in [-0.4, -0.2) is 17.5 Å². The molecule has 0 amide bonds. The lowest BCUT2D eigenvalue weighted by Gasteiger charge is -1.70. The molecule has 0 aromatic heterocycles. The lowest BCUT2D eigenvalue weighted by atomic mass is 10.5. The third-order valence-corrected chi connectivity index (χ3v) is 0.289. The molecule has 0 heterocycles. The van der Waals surface area contributed by atoms with Gasteiger partial charge in [-0.2, -0.15) is 0 Å². The van der Waals surface area contributed by atoms with Crippen LogP contribution in [0.1, 0.15) is 13.3 Å². The van der Waals surface area contributed by atoms with Crippen molar-refractivity contribution in [3.05, 3.63) is 0 Å². The minimum atomic E-state index is 0. The minimum absolute atomic E-state index is 0.